The van der Waals surface area contributed by atoms with E-state index in [1.165, 1.54) is 12.8 Å². The number of thioether (sulfide) groups is 1. The Morgan fingerprint density at radius 1 is 1.12 bits per heavy atom. The van der Waals surface area contributed by atoms with Crippen LogP contribution in [0.25, 0.3) is 0 Å². The highest BCUT2D eigenvalue weighted by atomic mass is 32.2. The third-order valence-electron chi connectivity index (χ3n) is 3.14. The monoisotopic (exact) mass is 252 g/mol. The van der Waals surface area contributed by atoms with E-state index in [9.17, 15) is 5.11 Å². The van der Waals surface area contributed by atoms with Gasteiger partial charge in [0.05, 0.1) is 6.10 Å². The summed E-state index contributed by atoms with van der Waals surface area (Å²) in [6.45, 7) is 3.98. The van der Waals surface area contributed by atoms with Gasteiger partial charge in [0, 0.05) is 16.6 Å². The maximum absolute atomic E-state index is 10.1. The molecule has 0 aromatic carbocycles. The molecule has 1 aromatic heterocycles. The molecule has 3 nitrogen and oxygen atoms in total. The molecule has 1 aromatic rings. The van der Waals surface area contributed by atoms with Crippen molar-refractivity contribution >= 4 is 11.8 Å². The first-order chi connectivity index (χ1) is 8.15. The number of hydrogen-bond acceptors (Lipinski definition) is 4. The average Bonchev–Trinajstić information content (AvgIpc) is 2.43. The van der Waals surface area contributed by atoms with E-state index in [-0.39, 0.29) is 11.4 Å². The van der Waals surface area contributed by atoms with Gasteiger partial charge < -0.3 is 5.11 Å². The van der Waals surface area contributed by atoms with Gasteiger partial charge in [0.1, 0.15) is 0 Å². The van der Waals surface area contributed by atoms with E-state index >= 15 is 0 Å². The zero-order valence-electron chi connectivity index (χ0n) is 10.5. The van der Waals surface area contributed by atoms with Crippen LogP contribution in [-0.4, -0.2) is 26.4 Å². The maximum atomic E-state index is 10.1. The van der Waals surface area contributed by atoms with Gasteiger partial charge in [-0.25, -0.2) is 9.97 Å². The lowest BCUT2D eigenvalue weighted by atomic mass is 10.1. The van der Waals surface area contributed by atoms with Crippen molar-refractivity contribution in [3.8, 4) is 0 Å². The summed E-state index contributed by atoms with van der Waals surface area (Å²) in [4.78, 5) is 8.87. The van der Waals surface area contributed by atoms with Crippen molar-refractivity contribution in [1.82, 2.24) is 9.97 Å². The van der Waals surface area contributed by atoms with Crippen molar-refractivity contribution < 1.29 is 5.11 Å². The summed E-state index contributed by atoms with van der Waals surface area (Å²) in [5, 5.41) is 11.1. The average molecular weight is 252 g/mol. The highest BCUT2D eigenvalue weighted by Gasteiger charge is 2.23. The second kappa shape index (κ2) is 5.83. The van der Waals surface area contributed by atoms with Gasteiger partial charge in [-0.15, -0.1) is 0 Å². The minimum Gasteiger partial charge on any atom is -0.392 e. The van der Waals surface area contributed by atoms with Gasteiger partial charge in [0.25, 0.3) is 0 Å². The topological polar surface area (TPSA) is 46.0 Å². The highest BCUT2D eigenvalue weighted by molar-refractivity contribution is 7.99. The molecule has 0 aliphatic heterocycles. The zero-order valence-corrected chi connectivity index (χ0v) is 11.3. The van der Waals surface area contributed by atoms with Gasteiger partial charge in [-0.1, -0.05) is 31.0 Å². The van der Waals surface area contributed by atoms with Crippen molar-refractivity contribution in [2.24, 2.45) is 0 Å². The number of nitrogens with zero attached hydrogens (tertiary/aromatic N) is 2. The normalized spacial score (nSPS) is 25.6. The molecule has 0 spiro atoms. The van der Waals surface area contributed by atoms with Crippen LogP contribution in [0.15, 0.2) is 11.2 Å². The van der Waals surface area contributed by atoms with Crippen LogP contribution >= 0.6 is 11.8 Å². The summed E-state index contributed by atoms with van der Waals surface area (Å²) in [5.74, 6) is 0. The van der Waals surface area contributed by atoms with Crippen LogP contribution in [0.5, 0.6) is 0 Å². The molecule has 1 aliphatic carbocycles. The molecule has 17 heavy (non-hydrogen) atoms. The van der Waals surface area contributed by atoms with Gasteiger partial charge in [-0.2, -0.15) is 0 Å². The maximum Gasteiger partial charge on any atom is 0.188 e. The Bertz CT molecular complexity index is 363. The fourth-order valence-electron chi connectivity index (χ4n) is 2.27. The van der Waals surface area contributed by atoms with Crippen LogP contribution in [0.3, 0.4) is 0 Å². The molecule has 1 N–H and O–H groups in total. The van der Waals surface area contributed by atoms with Gasteiger partial charge in [0.15, 0.2) is 5.16 Å². The van der Waals surface area contributed by atoms with E-state index in [1.54, 1.807) is 11.8 Å². The summed E-state index contributed by atoms with van der Waals surface area (Å²) >= 11 is 1.64. The number of rotatable bonds is 2. The van der Waals surface area contributed by atoms with E-state index in [0.29, 0.717) is 0 Å². The van der Waals surface area contributed by atoms with Gasteiger partial charge >= 0.3 is 0 Å². The molecular formula is C13H20N2OS. The molecular weight excluding hydrogens is 232 g/mol. The molecule has 0 bridgehead atoms. The Labute approximate surface area is 107 Å². The molecule has 4 heteroatoms. The van der Waals surface area contributed by atoms with E-state index < -0.39 is 0 Å². The molecule has 2 unspecified atom stereocenters. The lowest BCUT2D eigenvalue weighted by Gasteiger charge is -2.18. The SMILES string of the molecule is Cc1cc(C)nc(SC2CCCCCC2O)n1. The largest absolute Gasteiger partial charge is 0.392 e. The summed E-state index contributed by atoms with van der Waals surface area (Å²) in [5.41, 5.74) is 2.01. The lowest BCUT2D eigenvalue weighted by Crippen LogP contribution is -2.21. The number of aromatic nitrogens is 2. The summed E-state index contributed by atoms with van der Waals surface area (Å²) in [6, 6.07) is 1.98. The Morgan fingerprint density at radius 2 is 1.76 bits per heavy atom. The fraction of sp³-hybridized carbons (Fsp3) is 0.692. The molecule has 2 rings (SSSR count). The van der Waals surface area contributed by atoms with E-state index in [1.807, 2.05) is 19.9 Å². The van der Waals surface area contributed by atoms with Crippen molar-refractivity contribution in [2.45, 2.75) is 62.5 Å². The predicted molar refractivity (Wildman–Crippen MR) is 70.2 cm³/mol. The Morgan fingerprint density at radius 3 is 2.47 bits per heavy atom. The second-order valence-corrected chi connectivity index (χ2v) is 6.00. The highest BCUT2D eigenvalue weighted by Crippen LogP contribution is 2.31. The first-order valence-corrected chi connectivity index (χ1v) is 7.20. The van der Waals surface area contributed by atoms with Crippen LogP contribution in [0.4, 0.5) is 0 Å². The van der Waals surface area contributed by atoms with E-state index in [4.69, 9.17) is 0 Å². The zero-order chi connectivity index (χ0) is 12.3. The van der Waals surface area contributed by atoms with Crippen LogP contribution in [0.1, 0.15) is 43.5 Å². The third kappa shape index (κ3) is 3.68. The molecule has 1 aliphatic rings. The molecule has 0 saturated heterocycles. The summed E-state index contributed by atoms with van der Waals surface area (Å²) < 4.78 is 0. The predicted octanol–water partition coefficient (Wildman–Crippen LogP) is 2.88. The fourth-order valence-corrected chi connectivity index (χ4v) is 3.52. The molecule has 1 fully saturated rings. The Kier molecular flexibility index (Phi) is 4.40. The van der Waals surface area contributed by atoms with E-state index in [2.05, 4.69) is 9.97 Å². The minimum atomic E-state index is -0.202. The van der Waals surface area contributed by atoms with Crippen molar-refractivity contribution in [1.29, 1.82) is 0 Å². The molecule has 1 saturated carbocycles. The Hall–Kier alpha value is -0.610. The lowest BCUT2D eigenvalue weighted by molar-refractivity contribution is 0.163. The minimum absolute atomic E-state index is 0.202. The number of hydrogen-bond donors (Lipinski definition) is 1. The smallest absolute Gasteiger partial charge is 0.188 e. The number of aliphatic hydroxyl groups is 1. The first kappa shape index (κ1) is 12.8. The summed E-state index contributed by atoms with van der Waals surface area (Å²) in [7, 11) is 0. The van der Waals surface area contributed by atoms with Crippen molar-refractivity contribution in [2.75, 3.05) is 0 Å². The first-order valence-electron chi connectivity index (χ1n) is 6.32. The third-order valence-corrected chi connectivity index (χ3v) is 4.38. The van der Waals surface area contributed by atoms with Gasteiger partial charge in [0.2, 0.25) is 0 Å². The molecule has 2 atom stereocenters. The standard InChI is InChI=1S/C13H20N2OS/c1-9-8-10(2)15-13(14-9)17-12-7-5-3-4-6-11(12)16/h8,11-12,16H,3-7H2,1-2H3. The van der Waals surface area contributed by atoms with Gasteiger partial charge in [-0.05, 0) is 32.8 Å². The Balaban J connectivity index is 2.07. The van der Waals surface area contributed by atoms with Crippen LogP contribution in [0.2, 0.25) is 0 Å². The molecule has 0 amide bonds. The van der Waals surface area contributed by atoms with E-state index in [0.717, 1.165) is 35.8 Å². The number of aliphatic hydroxyl groups excluding tert-OH is 1. The molecule has 1 heterocycles. The van der Waals surface area contributed by atoms with Gasteiger partial charge in [-0.3, -0.25) is 0 Å². The van der Waals surface area contributed by atoms with Crippen LogP contribution < -0.4 is 0 Å². The molecule has 0 radical (unpaired) electrons. The summed E-state index contributed by atoms with van der Waals surface area (Å²) in [6.07, 6.45) is 5.38. The second-order valence-electron chi connectivity index (χ2n) is 4.79. The van der Waals surface area contributed by atoms with Crippen LogP contribution in [0, 0.1) is 13.8 Å². The quantitative estimate of drug-likeness (QED) is 0.649. The van der Waals surface area contributed by atoms with Crippen molar-refractivity contribution in [3.63, 3.8) is 0 Å². The molecule has 94 valence electrons. The number of aryl methyl sites for hydroxylation is 2. The van der Waals surface area contributed by atoms with Crippen molar-refractivity contribution in [3.05, 3.63) is 17.5 Å². The van der Waals surface area contributed by atoms with Crippen LogP contribution in [-0.2, 0) is 0 Å².